The zero-order valence-electron chi connectivity index (χ0n) is 17.3. The van der Waals surface area contributed by atoms with Crippen LogP contribution in [0.25, 0.3) is 0 Å². The Balaban J connectivity index is 2.03. The number of hydrogen-bond donors (Lipinski definition) is 2. The smallest absolute Gasteiger partial charge is 0.243 e. The number of aliphatic imine (C=N–C) groups is 1. The highest BCUT2D eigenvalue weighted by molar-refractivity contribution is 7.89. The minimum absolute atomic E-state index is 0.113. The average Bonchev–Trinajstić information content (AvgIpc) is 2.69. The summed E-state index contributed by atoms with van der Waals surface area (Å²) in [6, 6.07) is 13.0. The molecule has 158 valence electrons. The Morgan fingerprint density at radius 1 is 1.10 bits per heavy atom. The van der Waals surface area contributed by atoms with Gasteiger partial charge in [0.25, 0.3) is 0 Å². The van der Waals surface area contributed by atoms with E-state index >= 15 is 0 Å². The van der Waals surface area contributed by atoms with Crippen LogP contribution in [0.15, 0.2) is 58.4 Å². The van der Waals surface area contributed by atoms with Crippen LogP contribution in [-0.4, -0.2) is 38.3 Å². The normalized spacial score (nSPS) is 12.4. The predicted molar refractivity (Wildman–Crippen MR) is 115 cm³/mol. The molecule has 2 aromatic carbocycles. The van der Waals surface area contributed by atoms with E-state index in [2.05, 4.69) is 15.6 Å². The van der Waals surface area contributed by atoms with Crippen LogP contribution in [0.3, 0.4) is 0 Å². The molecular formula is C21H29FN4O2S. The molecule has 2 N–H and O–H groups in total. The first-order valence-corrected chi connectivity index (χ1v) is 11.0. The van der Waals surface area contributed by atoms with Crippen molar-refractivity contribution in [1.29, 1.82) is 0 Å². The van der Waals surface area contributed by atoms with Crippen molar-refractivity contribution in [3.63, 3.8) is 0 Å². The fourth-order valence-electron chi connectivity index (χ4n) is 2.56. The van der Waals surface area contributed by atoms with Crippen LogP contribution in [0.4, 0.5) is 4.39 Å². The van der Waals surface area contributed by atoms with Gasteiger partial charge in [-0.15, -0.1) is 0 Å². The molecule has 0 aliphatic carbocycles. The van der Waals surface area contributed by atoms with E-state index in [0.29, 0.717) is 25.6 Å². The number of sulfonamides is 1. The first-order valence-electron chi connectivity index (χ1n) is 9.57. The van der Waals surface area contributed by atoms with Gasteiger partial charge in [-0.2, -0.15) is 4.31 Å². The molecule has 0 saturated heterocycles. The second kappa shape index (κ2) is 10.4. The lowest BCUT2D eigenvalue weighted by Crippen LogP contribution is -2.36. The second-order valence-corrected chi connectivity index (χ2v) is 8.94. The van der Waals surface area contributed by atoms with Gasteiger partial charge in [-0.1, -0.05) is 24.3 Å². The minimum Gasteiger partial charge on any atom is -0.357 e. The fraction of sp³-hybridized carbons (Fsp3) is 0.381. The summed E-state index contributed by atoms with van der Waals surface area (Å²) in [5.74, 6) is 0.321. The summed E-state index contributed by atoms with van der Waals surface area (Å²) in [7, 11) is -1.91. The van der Waals surface area contributed by atoms with Crippen molar-refractivity contribution in [3.05, 3.63) is 65.5 Å². The highest BCUT2D eigenvalue weighted by Crippen LogP contribution is 2.17. The van der Waals surface area contributed by atoms with Gasteiger partial charge in [0.15, 0.2) is 5.96 Å². The maximum atomic E-state index is 13.3. The van der Waals surface area contributed by atoms with E-state index in [4.69, 9.17) is 0 Å². The van der Waals surface area contributed by atoms with E-state index in [0.717, 1.165) is 11.1 Å². The van der Waals surface area contributed by atoms with Crippen molar-refractivity contribution in [3.8, 4) is 0 Å². The van der Waals surface area contributed by atoms with Crippen molar-refractivity contribution < 1.29 is 12.8 Å². The highest BCUT2D eigenvalue weighted by Gasteiger charge is 2.22. The van der Waals surface area contributed by atoms with Gasteiger partial charge in [-0.05, 0) is 56.2 Å². The summed E-state index contributed by atoms with van der Waals surface area (Å²) in [6.07, 6.45) is 0. The molecule has 0 heterocycles. The third kappa shape index (κ3) is 6.54. The average molecular weight is 421 g/mol. The van der Waals surface area contributed by atoms with Gasteiger partial charge in [0.05, 0.1) is 11.4 Å². The topological polar surface area (TPSA) is 73.8 Å². The van der Waals surface area contributed by atoms with E-state index in [9.17, 15) is 12.8 Å². The van der Waals surface area contributed by atoms with Gasteiger partial charge < -0.3 is 10.6 Å². The van der Waals surface area contributed by atoms with Crippen LogP contribution < -0.4 is 10.6 Å². The summed E-state index contributed by atoms with van der Waals surface area (Å²) in [6.45, 7) is 7.15. The predicted octanol–water partition coefficient (Wildman–Crippen LogP) is 3.11. The van der Waals surface area contributed by atoms with Gasteiger partial charge in [0, 0.05) is 26.2 Å². The third-order valence-electron chi connectivity index (χ3n) is 4.44. The molecule has 0 unspecified atom stereocenters. The van der Waals surface area contributed by atoms with Gasteiger partial charge in [0.1, 0.15) is 5.82 Å². The largest absolute Gasteiger partial charge is 0.357 e. The lowest BCUT2D eigenvalue weighted by atomic mass is 10.2. The molecule has 0 aliphatic rings. The monoisotopic (exact) mass is 420 g/mol. The zero-order chi connectivity index (χ0) is 21.4. The number of nitrogens with one attached hydrogen (secondary N) is 2. The maximum absolute atomic E-state index is 13.3. The summed E-state index contributed by atoms with van der Waals surface area (Å²) in [4.78, 5) is 4.73. The number of rotatable bonds is 8. The van der Waals surface area contributed by atoms with Crippen molar-refractivity contribution in [2.45, 2.75) is 44.8 Å². The molecule has 2 rings (SSSR count). The molecule has 0 fully saturated rings. The maximum Gasteiger partial charge on any atom is 0.243 e. The molecule has 0 aliphatic heterocycles. The molecule has 0 amide bonds. The molecule has 0 radical (unpaired) electrons. The molecule has 0 saturated carbocycles. The number of hydrogen-bond acceptors (Lipinski definition) is 3. The quantitative estimate of drug-likeness (QED) is 0.508. The van der Waals surface area contributed by atoms with Crippen molar-refractivity contribution in [2.24, 2.45) is 4.99 Å². The van der Waals surface area contributed by atoms with Crippen molar-refractivity contribution in [2.75, 3.05) is 13.6 Å². The minimum atomic E-state index is -3.49. The summed E-state index contributed by atoms with van der Waals surface area (Å²) < 4.78 is 39.7. The van der Waals surface area contributed by atoms with E-state index in [1.165, 1.54) is 16.4 Å². The number of guanidine groups is 1. The highest BCUT2D eigenvalue weighted by atomic mass is 32.2. The second-order valence-electron chi connectivity index (χ2n) is 6.94. The Morgan fingerprint density at radius 3 is 2.38 bits per heavy atom. The number of halogens is 1. The van der Waals surface area contributed by atoms with Crippen LogP contribution in [0.5, 0.6) is 0 Å². The summed E-state index contributed by atoms with van der Waals surface area (Å²) >= 11 is 0. The molecular weight excluding hydrogens is 391 g/mol. The first kappa shape index (κ1) is 22.8. The van der Waals surface area contributed by atoms with Gasteiger partial charge >= 0.3 is 0 Å². The Hall–Kier alpha value is -2.45. The van der Waals surface area contributed by atoms with Crippen molar-refractivity contribution in [1.82, 2.24) is 14.9 Å². The molecule has 6 nitrogen and oxygen atoms in total. The van der Waals surface area contributed by atoms with Crippen molar-refractivity contribution >= 4 is 16.0 Å². The number of nitrogens with zero attached hydrogens (tertiary/aromatic N) is 2. The van der Waals surface area contributed by atoms with E-state index < -0.39 is 10.0 Å². The fourth-order valence-corrected chi connectivity index (χ4v) is 3.92. The lowest BCUT2D eigenvalue weighted by molar-refractivity contribution is 0.410. The molecule has 8 heteroatoms. The zero-order valence-corrected chi connectivity index (χ0v) is 18.1. The Morgan fingerprint density at radius 2 is 1.79 bits per heavy atom. The molecule has 0 aromatic heterocycles. The van der Waals surface area contributed by atoms with E-state index in [1.807, 2.05) is 26.8 Å². The Labute approximate surface area is 172 Å². The van der Waals surface area contributed by atoms with Crippen LogP contribution in [0.1, 0.15) is 31.9 Å². The van der Waals surface area contributed by atoms with E-state index in [-0.39, 0.29) is 16.8 Å². The molecule has 2 aromatic rings. The molecule has 0 spiro atoms. The lowest BCUT2D eigenvalue weighted by Gasteiger charge is -2.21. The number of benzene rings is 2. The third-order valence-corrected chi connectivity index (χ3v) is 6.49. The standard InChI is InChI=1S/C21H29FN4O2S/c1-5-23-21(25-15-18-7-6-8-19(22)13-18)24-14-17-9-11-20(12-10-17)29(27,28)26(4)16(2)3/h6-13,16H,5,14-15H2,1-4H3,(H2,23,24,25). The van der Waals surface area contributed by atoms with Gasteiger partial charge in [-0.3, -0.25) is 0 Å². The van der Waals surface area contributed by atoms with Crippen LogP contribution in [-0.2, 0) is 23.1 Å². The van der Waals surface area contributed by atoms with Crippen LogP contribution in [0.2, 0.25) is 0 Å². The first-order chi connectivity index (χ1) is 13.7. The van der Waals surface area contributed by atoms with Crippen LogP contribution >= 0.6 is 0 Å². The molecule has 29 heavy (non-hydrogen) atoms. The van der Waals surface area contributed by atoms with E-state index in [1.54, 1.807) is 37.4 Å². The van der Waals surface area contributed by atoms with Gasteiger partial charge in [0.2, 0.25) is 10.0 Å². The van der Waals surface area contributed by atoms with Crippen LogP contribution in [0, 0.1) is 5.82 Å². The SMILES string of the molecule is CCNC(=NCc1cccc(F)c1)NCc1ccc(S(=O)(=O)N(C)C(C)C)cc1. The summed E-state index contributed by atoms with van der Waals surface area (Å²) in [5, 5.41) is 6.35. The summed E-state index contributed by atoms with van der Waals surface area (Å²) in [5.41, 5.74) is 1.71. The molecule has 0 atom stereocenters. The Bertz CT molecular complexity index is 928. The van der Waals surface area contributed by atoms with Gasteiger partial charge in [-0.25, -0.2) is 17.8 Å². The Kier molecular flexibility index (Phi) is 8.16. The molecule has 0 bridgehead atoms.